The summed E-state index contributed by atoms with van der Waals surface area (Å²) < 4.78 is 17.0. The van der Waals surface area contributed by atoms with Crippen LogP contribution in [0.2, 0.25) is 0 Å². The molecule has 0 heterocycles. The summed E-state index contributed by atoms with van der Waals surface area (Å²) in [4.78, 5) is 10.7. The molecule has 2 aromatic carbocycles. The van der Waals surface area contributed by atoms with Crippen LogP contribution in [0.25, 0.3) is 0 Å². The number of methoxy groups -OCH3 is 1. The molecule has 5 nitrogen and oxygen atoms in total. The second-order valence-corrected chi connectivity index (χ2v) is 5.18. The van der Waals surface area contributed by atoms with Gasteiger partial charge in [0.05, 0.1) is 17.1 Å². The van der Waals surface area contributed by atoms with Gasteiger partial charge in [0.1, 0.15) is 30.5 Å². The number of halogens is 1. The predicted molar refractivity (Wildman–Crippen MR) is 85.1 cm³/mol. The topological polar surface area (TPSA) is 65.0 Å². The molecule has 1 N–H and O–H groups in total. The lowest BCUT2D eigenvalue weighted by Gasteiger charge is -2.10. The second kappa shape index (κ2) is 7.70. The molecule has 6 heteroatoms. The summed E-state index contributed by atoms with van der Waals surface area (Å²) in [6, 6.07) is 11.7. The van der Waals surface area contributed by atoms with Crippen molar-refractivity contribution in [1.29, 1.82) is 0 Å². The Hall–Kier alpha value is -2.21. The van der Waals surface area contributed by atoms with Crippen LogP contribution >= 0.6 is 15.9 Å². The van der Waals surface area contributed by atoms with Crippen molar-refractivity contribution in [1.82, 2.24) is 0 Å². The predicted octanol–water partition coefficient (Wildman–Crippen LogP) is 3.61. The van der Waals surface area contributed by atoms with Crippen molar-refractivity contribution in [2.45, 2.75) is 0 Å². The van der Waals surface area contributed by atoms with Gasteiger partial charge in [-0.25, -0.2) is 4.79 Å². The van der Waals surface area contributed by atoms with E-state index in [-0.39, 0.29) is 5.56 Å². The van der Waals surface area contributed by atoms with Gasteiger partial charge >= 0.3 is 5.97 Å². The van der Waals surface area contributed by atoms with Gasteiger partial charge in [-0.1, -0.05) is 0 Å². The number of hydrogen-bond acceptors (Lipinski definition) is 4. The zero-order valence-electron chi connectivity index (χ0n) is 11.9. The van der Waals surface area contributed by atoms with Gasteiger partial charge < -0.3 is 19.3 Å². The van der Waals surface area contributed by atoms with Crippen LogP contribution in [0.4, 0.5) is 0 Å². The van der Waals surface area contributed by atoms with Gasteiger partial charge in [-0.05, 0) is 58.4 Å². The van der Waals surface area contributed by atoms with E-state index in [9.17, 15) is 4.79 Å². The third kappa shape index (κ3) is 4.39. The van der Waals surface area contributed by atoms with E-state index in [1.165, 1.54) is 12.1 Å². The summed E-state index contributed by atoms with van der Waals surface area (Å²) in [6.07, 6.45) is 0. The highest BCUT2D eigenvalue weighted by molar-refractivity contribution is 9.10. The van der Waals surface area contributed by atoms with Crippen LogP contribution < -0.4 is 14.2 Å². The van der Waals surface area contributed by atoms with E-state index in [1.807, 2.05) is 18.2 Å². The number of carbonyl (C=O) groups is 1. The molecular formula is C16H15BrO5. The maximum Gasteiger partial charge on any atom is 0.335 e. The number of benzene rings is 2. The summed E-state index contributed by atoms with van der Waals surface area (Å²) in [5.74, 6) is 1.08. The van der Waals surface area contributed by atoms with E-state index in [4.69, 9.17) is 19.3 Å². The van der Waals surface area contributed by atoms with Gasteiger partial charge in [0.2, 0.25) is 0 Å². The molecule has 0 aliphatic heterocycles. The molecule has 0 spiro atoms. The minimum Gasteiger partial charge on any atom is -0.497 e. The van der Waals surface area contributed by atoms with Crippen molar-refractivity contribution >= 4 is 21.9 Å². The first-order chi connectivity index (χ1) is 10.6. The van der Waals surface area contributed by atoms with Gasteiger partial charge in [-0.3, -0.25) is 0 Å². The molecular weight excluding hydrogens is 352 g/mol. The van der Waals surface area contributed by atoms with Crippen LogP contribution in [0.3, 0.4) is 0 Å². The lowest BCUT2D eigenvalue weighted by Crippen LogP contribution is -2.09. The summed E-state index contributed by atoms with van der Waals surface area (Å²) in [6.45, 7) is 0.719. The number of carboxylic acids is 1. The van der Waals surface area contributed by atoms with Crippen molar-refractivity contribution in [2.75, 3.05) is 20.3 Å². The van der Waals surface area contributed by atoms with E-state index in [2.05, 4.69) is 15.9 Å². The molecule has 0 radical (unpaired) electrons. The average molecular weight is 367 g/mol. The third-order valence-corrected chi connectivity index (χ3v) is 3.47. The van der Waals surface area contributed by atoms with Crippen LogP contribution in [-0.2, 0) is 0 Å². The minimum atomic E-state index is -0.959. The summed E-state index contributed by atoms with van der Waals surface area (Å²) >= 11 is 3.41. The zero-order chi connectivity index (χ0) is 15.9. The van der Waals surface area contributed by atoms with E-state index >= 15 is 0 Å². The van der Waals surface area contributed by atoms with Crippen LogP contribution in [0.5, 0.6) is 17.2 Å². The fraction of sp³-hybridized carbons (Fsp3) is 0.188. The summed E-state index contributed by atoms with van der Waals surface area (Å²) in [5.41, 5.74) is 0.228. The quantitative estimate of drug-likeness (QED) is 0.758. The van der Waals surface area contributed by atoms with Crippen molar-refractivity contribution in [3.8, 4) is 17.2 Å². The molecule has 0 unspecified atom stereocenters. The highest BCUT2D eigenvalue weighted by Gasteiger charge is 2.04. The van der Waals surface area contributed by atoms with Crippen LogP contribution in [0.15, 0.2) is 46.9 Å². The highest BCUT2D eigenvalue weighted by Crippen LogP contribution is 2.29. The SMILES string of the molecule is COc1ccc(OCCOc2ccc(C(=O)O)cc2)c(Br)c1. The molecule has 2 rings (SSSR count). The molecule has 116 valence electrons. The Balaban J connectivity index is 1.80. The Bertz CT molecular complexity index is 639. The Morgan fingerprint density at radius 2 is 1.68 bits per heavy atom. The molecule has 0 fully saturated rings. The summed E-state index contributed by atoms with van der Waals surface area (Å²) in [7, 11) is 1.60. The van der Waals surface area contributed by atoms with Gasteiger partial charge in [0.25, 0.3) is 0 Å². The number of hydrogen-bond donors (Lipinski definition) is 1. The van der Waals surface area contributed by atoms with E-state index in [1.54, 1.807) is 19.2 Å². The number of carboxylic acid groups (broad SMARTS) is 1. The van der Waals surface area contributed by atoms with Gasteiger partial charge in [-0.2, -0.15) is 0 Å². The molecule has 0 aromatic heterocycles. The normalized spacial score (nSPS) is 10.1. The number of rotatable bonds is 7. The Morgan fingerprint density at radius 3 is 2.27 bits per heavy atom. The first-order valence-electron chi connectivity index (χ1n) is 6.52. The average Bonchev–Trinajstić information content (AvgIpc) is 2.53. The number of aromatic carboxylic acids is 1. The monoisotopic (exact) mass is 366 g/mol. The third-order valence-electron chi connectivity index (χ3n) is 2.85. The lowest BCUT2D eigenvalue weighted by molar-refractivity contribution is 0.0697. The van der Waals surface area contributed by atoms with E-state index in [0.717, 1.165) is 10.2 Å². The first-order valence-corrected chi connectivity index (χ1v) is 7.32. The molecule has 0 aliphatic carbocycles. The van der Waals surface area contributed by atoms with Crippen molar-refractivity contribution in [3.05, 3.63) is 52.5 Å². The number of ether oxygens (including phenoxy) is 3. The standard InChI is InChI=1S/C16H15BrO5/c1-20-13-6-7-15(14(17)10-13)22-9-8-21-12-4-2-11(3-5-12)16(18)19/h2-7,10H,8-9H2,1H3,(H,18,19). The van der Waals surface area contributed by atoms with E-state index < -0.39 is 5.97 Å². The van der Waals surface area contributed by atoms with Crippen molar-refractivity contribution in [2.24, 2.45) is 0 Å². The van der Waals surface area contributed by atoms with Crippen molar-refractivity contribution in [3.63, 3.8) is 0 Å². The van der Waals surface area contributed by atoms with Crippen LogP contribution in [0.1, 0.15) is 10.4 Å². The van der Waals surface area contributed by atoms with Crippen molar-refractivity contribution < 1.29 is 24.1 Å². The minimum absolute atomic E-state index is 0.228. The molecule has 0 aliphatic rings. The fourth-order valence-electron chi connectivity index (χ4n) is 1.73. The zero-order valence-corrected chi connectivity index (χ0v) is 13.5. The molecule has 22 heavy (non-hydrogen) atoms. The molecule has 2 aromatic rings. The molecule has 0 saturated heterocycles. The first kappa shape index (κ1) is 16.2. The Kier molecular flexibility index (Phi) is 5.66. The van der Waals surface area contributed by atoms with Gasteiger partial charge in [-0.15, -0.1) is 0 Å². The molecule has 0 atom stereocenters. The lowest BCUT2D eigenvalue weighted by atomic mass is 10.2. The van der Waals surface area contributed by atoms with Gasteiger partial charge in [0.15, 0.2) is 0 Å². The molecule has 0 amide bonds. The van der Waals surface area contributed by atoms with E-state index in [0.29, 0.717) is 24.7 Å². The highest BCUT2D eigenvalue weighted by atomic mass is 79.9. The fourth-order valence-corrected chi connectivity index (χ4v) is 2.20. The molecule has 0 saturated carbocycles. The Morgan fingerprint density at radius 1 is 1.05 bits per heavy atom. The smallest absolute Gasteiger partial charge is 0.335 e. The Labute approximate surface area is 136 Å². The van der Waals surface area contributed by atoms with Gasteiger partial charge in [0, 0.05) is 0 Å². The summed E-state index contributed by atoms with van der Waals surface area (Å²) in [5, 5.41) is 8.81. The van der Waals surface area contributed by atoms with Crippen LogP contribution in [0, 0.1) is 0 Å². The maximum absolute atomic E-state index is 10.7. The second-order valence-electron chi connectivity index (χ2n) is 4.32. The largest absolute Gasteiger partial charge is 0.497 e. The maximum atomic E-state index is 10.7. The van der Waals surface area contributed by atoms with Crippen LogP contribution in [-0.4, -0.2) is 31.4 Å². The molecule has 0 bridgehead atoms.